The highest BCUT2D eigenvalue weighted by molar-refractivity contribution is 5.88. The van der Waals surface area contributed by atoms with Crippen molar-refractivity contribution in [1.82, 2.24) is 0 Å². The van der Waals surface area contributed by atoms with Crippen LogP contribution in [0, 0.1) is 57.2 Å². The van der Waals surface area contributed by atoms with Gasteiger partial charge in [-0.2, -0.15) is 0 Å². The van der Waals surface area contributed by atoms with Gasteiger partial charge in [-0.1, -0.05) is 20.8 Å². The molecule has 2 bridgehead atoms. The maximum atomic E-state index is 14.2. The van der Waals surface area contributed by atoms with E-state index in [9.17, 15) is 39.6 Å². The van der Waals surface area contributed by atoms with Crippen molar-refractivity contribution in [3.05, 3.63) is 11.8 Å². The number of ether oxygens (including phenoxy) is 4. The summed E-state index contributed by atoms with van der Waals surface area (Å²) in [6, 6.07) is 0. The number of aliphatic hydroxyl groups excluding tert-OH is 2. The van der Waals surface area contributed by atoms with Gasteiger partial charge in [0.25, 0.3) is 0 Å². The lowest BCUT2D eigenvalue weighted by atomic mass is 9.37. The summed E-state index contributed by atoms with van der Waals surface area (Å²) < 4.78 is 23.7. The average Bonchev–Trinajstić information content (AvgIpc) is 3.60. The van der Waals surface area contributed by atoms with Crippen LogP contribution in [0.3, 0.4) is 0 Å². The second-order valence-electron chi connectivity index (χ2n) is 16.2. The SMILES string of the molecule is CC(=O)O[C@H]1C2[C@H]([C@@H]3[C@@]4(O)C[C@@]5([C@H](C)C=C6OC(=O)[C@@](C)(O)[C@]6(C)[C@H]45)[C@@]3(C)[C@H]1OC(C)=O)[C@@H](O)C(=O)[C@H]1C[C@@H]3O[C@@H]3[C@H](O)[C@]21C. The summed E-state index contributed by atoms with van der Waals surface area (Å²) in [4.78, 5) is 53.1. The van der Waals surface area contributed by atoms with E-state index in [4.69, 9.17) is 18.9 Å². The van der Waals surface area contributed by atoms with Gasteiger partial charge in [-0.25, -0.2) is 4.79 Å². The van der Waals surface area contributed by atoms with Crippen molar-refractivity contribution in [2.24, 2.45) is 57.2 Å². The van der Waals surface area contributed by atoms with Gasteiger partial charge in [0.05, 0.1) is 23.2 Å². The van der Waals surface area contributed by atoms with Crippen LogP contribution in [0.2, 0.25) is 0 Å². The van der Waals surface area contributed by atoms with Crippen LogP contribution in [0.15, 0.2) is 11.8 Å². The van der Waals surface area contributed by atoms with E-state index in [1.807, 2.05) is 13.8 Å². The zero-order valence-electron chi connectivity index (χ0n) is 26.5. The van der Waals surface area contributed by atoms with Gasteiger partial charge >= 0.3 is 17.9 Å². The number of carbonyl (C=O) groups is 4. The van der Waals surface area contributed by atoms with Gasteiger partial charge < -0.3 is 39.4 Å². The first-order valence-electron chi connectivity index (χ1n) is 16.1. The number of fused-ring (bicyclic) bond motifs is 8. The molecule has 45 heavy (non-hydrogen) atoms. The smallest absolute Gasteiger partial charge is 0.343 e. The molecule has 0 aromatic rings. The zero-order chi connectivity index (χ0) is 32.8. The van der Waals surface area contributed by atoms with Crippen LogP contribution in [0.5, 0.6) is 0 Å². The van der Waals surface area contributed by atoms with Crippen LogP contribution < -0.4 is 0 Å². The third-order valence-electron chi connectivity index (χ3n) is 14.8. The van der Waals surface area contributed by atoms with Crippen LogP contribution in [0.1, 0.15) is 61.3 Å². The third kappa shape index (κ3) is 2.84. The molecule has 2 saturated heterocycles. The minimum Gasteiger partial charge on any atom is -0.458 e. The molecule has 6 aliphatic carbocycles. The summed E-state index contributed by atoms with van der Waals surface area (Å²) in [5.41, 5.74) is -8.60. The van der Waals surface area contributed by atoms with Crippen LogP contribution in [-0.4, -0.2) is 91.9 Å². The van der Waals surface area contributed by atoms with Gasteiger partial charge in [-0.05, 0) is 44.1 Å². The minimum atomic E-state index is -2.03. The molecule has 12 nitrogen and oxygen atoms in total. The summed E-state index contributed by atoms with van der Waals surface area (Å²) in [5, 5.41) is 48.7. The van der Waals surface area contributed by atoms with Crippen molar-refractivity contribution in [1.29, 1.82) is 0 Å². The normalized spacial score (nSPS) is 61.2. The van der Waals surface area contributed by atoms with Crippen molar-refractivity contribution < 1.29 is 58.6 Å². The fourth-order valence-corrected chi connectivity index (χ4v) is 13.2. The van der Waals surface area contributed by atoms with E-state index in [0.717, 1.165) is 0 Å². The Balaban J connectivity index is 1.41. The van der Waals surface area contributed by atoms with E-state index in [0.29, 0.717) is 0 Å². The summed E-state index contributed by atoms with van der Waals surface area (Å²) in [6.45, 7) is 11.1. The molecule has 1 unspecified atom stereocenters. The topological polar surface area (TPSA) is 189 Å². The Labute approximate surface area is 260 Å². The molecule has 8 rings (SSSR count). The fourth-order valence-electron chi connectivity index (χ4n) is 13.2. The summed E-state index contributed by atoms with van der Waals surface area (Å²) in [6.07, 6.45) is -3.81. The van der Waals surface area contributed by atoms with Gasteiger partial charge in [0.15, 0.2) is 11.4 Å². The van der Waals surface area contributed by atoms with E-state index in [1.165, 1.54) is 20.8 Å². The van der Waals surface area contributed by atoms with Gasteiger partial charge in [0.2, 0.25) is 0 Å². The molecule has 246 valence electrons. The van der Waals surface area contributed by atoms with Crippen LogP contribution >= 0.6 is 0 Å². The molecule has 2 heterocycles. The average molecular weight is 631 g/mol. The predicted octanol–water partition coefficient (Wildman–Crippen LogP) is 0.415. The number of epoxide rings is 1. The van der Waals surface area contributed by atoms with Crippen molar-refractivity contribution >= 4 is 23.7 Å². The Morgan fingerprint density at radius 3 is 2.29 bits per heavy atom. The largest absolute Gasteiger partial charge is 0.458 e. The van der Waals surface area contributed by atoms with Crippen molar-refractivity contribution in [2.45, 2.75) is 109 Å². The molecule has 0 aromatic carbocycles. The predicted molar refractivity (Wildman–Crippen MR) is 149 cm³/mol. The molecular weight excluding hydrogens is 588 g/mol. The number of esters is 3. The lowest BCUT2D eigenvalue weighted by molar-refractivity contribution is -0.272. The lowest BCUT2D eigenvalue weighted by Gasteiger charge is -2.67. The van der Waals surface area contributed by atoms with E-state index in [2.05, 4.69) is 0 Å². The fraction of sp³-hybridized carbons (Fsp3) is 0.818. The molecule has 0 spiro atoms. The standard InChI is InChI=1S/C33H42O12/c1-11-8-16-29(5,31(7,40)27(39)45-16)26-32(11)10-33(26,41)23-17-18(22(42-12(2)34)25(30(23,32)6)43-13(3)35)28(4)14(19(36)20(17)37)9-15-21(44-15)24(28)38/h8,11,14-15,17-18,20-26,37-38,40-41H,9-10H2,1-7H3/t11-,14-,15+,17+,18?,20-,21+,22+,23+,24+,25+,26+,28+,29+,30-,31-,32+,33+/m1/s1. The number of allylic oxidation sites excluding steroid dienone is 1. The highest BCUT2D eigenvalue weighted by atomic mass is 16.6. The number of aliphatic hydroxyl groups is 4. The Bertz CT molecular complexity index is 1500. The molecule has 0 amide bonds. The Morgan fingerprint density at radius 1 is 1.02 bits per heavy atom. The Morgan fingerprint density at radius 2 is 1.67 bits per heavy atom. The molecule has 5 saturated carbocycles. The van der Waals surface area contributed by atoms with Crippen LogP contribution in [0.4, 0.5) is 0 Å². The van der Waals surface area contributed by atoms with Crippen LogP contribution in [-0.2, 0) is 38.1 Å². The number of rotatable bonds is 2. The maximum Gasteiger partial charge on any atom is 0.343 e. The van der Waals surface area contributed by atoms with E-state index in [-0.39, 0.29) is 24.7 Å². The summed E-state index contributed by atoms with van der Waals surface area (Å²) in [5.74, 6) is -7.37. The number of Topliss-reactive ketones (excluding diaryl/α,β-unsaturated/α-hetero) is 1. The monoisotopic (exact) mass is 630 g/mol. The van der Waals surface area contributed by atoms with E-state index < -0.39 is 123 Å². The Hall–Kier alpha value is -2.38. The maximum absolute atomic E-state index is 14.2. The zero-order valence-corrected chi connectivity index (χ0v) is 26.5. The van der Waals surface area contributed by atoms with Gasteiger partial charge in [0, 0.05) is 54.3 Å². The first kappa shape index (κ1) is 30.0. The van der Waals surface area contributed by atoms with Gasteiger partial charge in [0.1, 0.15) is 30.2 Å². The molecule has 0 radical (unpaired) electrons. The quantitative estimate of drug-likeness (QED) is 0.187. The first-order valence-corrected chi connectivity index (χ1v) is 16.1. The molecule has 7 fully saturated rings. The molecule has 18 atom stereocenters. The molecular formula is C33H42O12. The van der Waals surface area contributed by atoms with E-state index in [1.54, 1.807) is 19.9 Å². The lowest BCUT2D eigenvalue weighted by Crippen LogP contribution is -2.74. The highest BCUT2D eigenvalue weighted by Crippen LogP contribution is 2.90. The second-order valence-corrected chi connectivity index (χ2v) is 16.2. The molecule has 12 heteroatoms. The second kappa shape index (κ2) is 8.18. The highest BCUT2D eigenvalue weighted by Gasteiger charge is 2.95. The van der Waals surface area contributed by atoms with Crippen molar-refractivity contribution in [2.75, 3.05) is 0 Å². The van der Waals surface area contributed by atoms with E-state index >= 15 is 0 Å². The number of hydrogen-bond acceptors (Lipinski definition) is 12. The number of hydrogen-bond donors (Lipinski definition) is 4. The summed E-state index contributed by atoms with van der Waals surface area (Å²) >= 11 is 0. The van der Waals surface area contributed by atoms with Crippen molar-refractivity contribution in [3.8, 4) is 0 Å². The van der Waals surface area contributed by atoms with Crippen molar-refractivity contribution in [3.63, 3.8) is 0 Å². The molecule has 8 aliphatic rings. The first-order chi connectivity index (χ1) is 20.8. The minimum absolute atomic E-state index is 0.155. The van der Waals surface area contributed by atoms with Crippen LogP contribution in [0.25, 0.3) is 0 Å². The summed E-state index contributed by atoms with van der Waals surface area (Å²) in [7, 11) is 0. The number of ketones is 1. The Kier molecular flexibility index (Phi) is 5.45. The molecule has 2 aliphatic heterocycles. The van der Waals surface area contributed by atoms with Gasteiger partial charge in [-0.3, -0.25) is 14.4 Å². The molecule has 4 N–H and O–H groups in total. The number of carbonyl (C=O) groups excluding carboxylic acids is 4. The molecule has 0 aromatic heterocycles. The third-order valence-corrected chi connectivity index (χ3v) is 14.8. The van der Waals surface area contributed by atoms with Gasteiger partial charge in [-0.15, -0.1) is 0 Å².